The van der Waals surface area contributed by atoms with Gasteiger partial charge in [0.05, 0.1) is 36.4 Å². The van der Waals surface area contributed by atoms with E-state index in [0.29, 0.717) is 10.8 Å². The summed E-state index contributed by atoms with van der Waals surface area (Å²) in [7, 11) is -3.99. The van der Waals surface area contributed by atoms with Crippen molar-refractivity contribution in [3.63, 3.8) is 0 Å². The number of rotatable bonds is 10. The average molecular weight is 525 g/mol. The van der Waals surface area contributed by atoms with Crippen LogP contribution in [0.2, 0.25) is 0 Å². The Morgan fingerprint density at radius 1 is 1.03 bits per heavy atom. The summed E-state index contributed by atoms with van der Waals surface area (Å²) in [6.07, 6.45) is 1.23. The highest BCUT2D eigenvalue weighted by Gasteiger charge is 2.19. The number of sulfonamides is 1. The number of nitrogens with zero attached hydrogens (tertiary/aromatic N) is 2. The maximum Gasteiger partial charge on any atom is 0.350 e. The van der Waals surface area contributed by atoms with Crippen LogP contribution in [0.1, 0.15) is 39.6 Å². The van der Waals surface area contributed by atoms with Crippen molar-refractivity contribution in [2.75, 3.05) is 23.3 Å². The predicted octanol–water partition coefficient (Wildman–Crippen LogP) is 2.94. The normalized spacial score (nSPS) is 11.0. The number of ether oxygens (including phenoxy) is 2. The Kier molecular flexibility index (Phi) is 8.31. The molecule has 1 aromatic carbocycles. The van der Waals surface area contributed by atoms with Crippen LogP contribution in [-0.2, 0) is 30.7 Å². The number of nitrogens with one attached hydrogen (secondary N) is 2. The number of aromatic nitrogens is 2. The molecule has 11 nitrogen and oxygen atoms in total. The zero-order valence-electron chi connectivity index (χ0n) is 18.1. The van der Waals surface area contributed by atoms with Crippen LogP contribution in [0.25, 0.3) is 0 Å². The Balaban J connectivity index is 1.62. The van der Waals surface area contributed by atoms with E-state index in [1.165, 1.54) is 30.5 Å². The molecule has 0 fully saturated rings. The molecule has 180 valence electrons. The maximum atomic E-state index is 12.6. The molecule has 0 unspecified atom stereocenters. The average Bonchev–Trinajstić information content (AvgIpc) is 3.43. The molecule has 0 saturated heterocycles. The second-order valence-corrected chi connectivity index (χ2v) is 10.0. The number of anilines is 2. The fourth-order valence-corrected chi connectivity index (χ4v) is 5.21. The third kappa shape index (κ3) is 6.59. The van der Waals surface area contributed by atoms with Gasteiger partial charge in [-0.15, -0.1) is 11.3 Å². The van der Waals surface area contributed by atoms with Crippen LogP contribution in [0.3, 0.4) is 0 Å². The van der Waals surface area contributed by atoms with Crippen LogP contribution < -0.4 is 10.0 Å². The predicted molar refractivity (Wildman–Crippen MR) is 126 cm³/mol. The molecule has 34 heavy (non-hydrogen) atoms. The monoisotopic (exact) mass is 524 g/mol. The summed E-state index contributed by atoms with van der Waals surface area (Å²) in [5.41, 5.74) is 0.680. The third-order valence-corrected chi connectivity index (χ3v) is 7.22. The van der Waals surface area contributed by atoms with Crippen LogP contribution in [0.4, 0.5) is 10.3 Å². The quantitative estimate of drug-likeness (QED) is 0.381. The van der Waals surface area contributed by atoms with Gasteiger partial charge in [0.15, 0.2) is 10.3 Å². The molecule has 0 aliphatic rings. The summed E-state index contributed by atoms with van der Waals surface area (Å²) in [6, 6.07) is 5.24. The van der Waals surface area contributed by atoms with E-state index in [1.807, 2.05) is 0 Å². The Morgan fingerprint density at radius 2 is 1.74 bits per heavy atom. The Hall–Kier alpha value is -3.36. The van der Waals surface area contributed by atoms with Crippen molar-refractivity contribution >= 4 is 60.8 Å². The zero-order chi connectivity index (χ0) is 24.7. The largest absolute Gasteiger partial charge is 0.466 e. The number of thiazole rings is 2. The van der Waals surface area contributed by atoms with E-state index in [0.717, 1.165) is 22.7 Å². The van der Waals surface area contributed by atoms with Gasteiger partial charge in [-0.3, -0.25) is 19.6 Å². The van der Waals surface area contributed by atoms with E-state index in [4.69, 9.17) is 9.47 Å². The molecule has 0 aliphatic carbocycles. The molecular formula is C20H20N4O7S3. The van der Waals surface area contributed by atoms with Crippen LogP contribution in [0, 0.1) is 0 Å². The van der Waals surface area contributed by atoms with Gasteiger partial charge in [0.25, 0.3) is 15.9 Å². The van der Waals surface area contributed by atoms with Crippen molar-refractivity contribution in [1.82, 2.24) is 9.97 Å². The summed E-state index contributed by atoms with van der Waals surface area (Å²) in [6.45, 7) is 3.83. The van der Waals surface area contributed by atoms with Crippen LogP contribution in [0.15, 0.2) is 40.7 Å². The molecule has 0 bridgehead atoms. The van der Waals surface area contributed by atoms with Gasteiger partial charge in [0.2, 0.25) is 0 Å². The molecule has 3 rings (SSSR count). The SMILES string of the molecule is CCOC(=O)Cc1csc(NC(=O)c2ccc(S(=O)(=O)Nc3ncc(C(=O)OCC)s3)cc2)n1. The number of carbonyl (C=O) groups is 3. The highest BCUT2D eigenvalue weighted by molar-refractivity contribution is 7.93. The van der Waals surface area contributed by atoms with Crippen molar-refractivity contribution in [3.8, 4) is 0 Å². The molecule has 1 amide bonds. The highest BCUT2D eigenvalue weighted by Crippen LogP contribution is 2.23. The standard InChI is InChI=1S/C20H20N4O7S3/c1-3-30-16(25)9-13-11-32-20(22-13)23-17(26)12-5-7-14(8-6-12)34(28,29)24-19-21-10-15(33-19)18(27)31-4-2/h5-8,10-11H,3-4,9H2,1-2H3,(H,21,24)(H,22,23,26). The first-order chi connectivity index (χ1) is 16.2. The van der Waals surface area contributed by atoms with Gasteiger partial charge in [-0.2, -0.15) is 0 Å². The van der Waals surface area contributed by atoms with Crippen LogP contribution in [0.5, 0.6) is 0 Å². The van der Waals surface area contributed by atoms with E-state index in [-0.39, 0.29) is 40.1 Å². The van der Waals surface area contributed by atoms with Gasteiger partial charge < -0.3 is 9.47 Å². The van der Waals surface area contributed by atoms with Crippen molar-refractivity contribution in [1.29, 1.82) is 0 Å². The van der Waals surface area contributed by atoms with Crippen molar-refractivity contribution in [2.45, 2.75) is 25.2 Å². The molecule has 0 radical (unpaired) electrons. The number of hydrogen-bond acceptors (Lipinski definition) is 11. The second kappa shape index (κ2) is 11.2. The number of hydrogen-bond donors (Lipinski definition) is 2. The lowest BCUT2D eigenvalue weighted by Gasteiger charge is -2.06. The van der Waals surface area contributed by atoms with E-state index in [1.54, 1.807) is 19.2 Å². The van der Waals surface area contributed by atoms with Crippen LogP contribution >= 0.6 is 22.7 Å². The van der Waals surface area contributed by atoms with Gasteiger partial charge in [-0.25, -0.2) is 23.2 Å². The summed E-state index contributed by atoms with van der Waals surface area (Å²) in [4.78, 5) is 43.8. The summed E-state index contributed by atoms with van der Waals surface area (Å²) >= 11 is 2.00. The fraction of sp³-hybridized carbons (Fsp3) is 0.250. The molecule has 2 heterocycles. The lowest BCUT2D eigenvalue weighted by molar-refractivity contribution is -0.142. The Bertz CT molecular complexity index is 1280. The molecule has 0 spiro atoms. The number of benzene rings is 1. The minimum atomic E-state index is -3.99. The summed E-state index contributed by atoms with van der Waals surface area (Å²) < 4.78 is 37.2. The van der Waals surface area contributed by atoms with Crippen molar-refractivity contribution < 1.29 is 32.3 Å². The maximum absolute atomic E-state index is 12.6. The molecule has 14 heteroatoms. The van der Waals surface area contributed by atoms with Crippen molar-refractivity contribution in [2.24, 2.45) is 0 Å². The summed E-state index contributed by atoms with van der Waals surface area (Å²) in [5, 5.41) is 4.55. The number of esters is 2. The molecule has 2 N–H and O–H groups in total. The number of carbonyl (C=O) groups excluding carboxylic acids is 3. The lowest BCUT2D eigenvalue weighted by Crippen LogP contribution is -2.15. The topological polar surface area (TPSA) is 154 Å². The van der Waals surface area contributed by atoms with Gasteiger partial charge in [0, 0.05) is 10.9 Å². The molecule has 0 atom stereocenters. The van der Waals surface area contributed by atoms with E-state index in [2.05, 4.69) is 20.0 Å². The van der Waals surface area contributed by atoms with Gasteiger partial charge in [-0.1, -0.05) is 11.3 Å². The van der Waals surface area contributed by atoms with Crippen LogP contribution in [-0.4, -0.2) is 49.4 Å². The molecule has 0 aliphatic heterocycles. The number of amides is 1. The zero-order valence-corrected chi connectivity index (χ0v) is 20.5. The van der Waals surface area contributed by atoms with E-state index >= 15 is 0 Å². The van der Waals surface area contributed by atoms with Gasteiger partial charge >= 0.3 is 11.9 Å². The Morgan fingerprint density at radius 3 is 2.41 bits per heavy atom. The van der Waals surface area contributed by atoms with Crippen molar-refractivity contribution in [3.05, 3.63) is 52.0 Å². The molecular weight excluding hydrogens is 504 g/mol. The lowest BCUT2D eigenvalue weighted by atomic mass is 10.2. The van der Waals surface area contributed by atoms with Gasteiger partial charge in [0.1, 0.15) is 4.88 Å². The van der Waals surface area contributed by atoms with E-state index < -0.39 is 27.9 Å². The van der Waals surface area contributed by atoms with E-state index in [9.17, 15) is 22.8 Å². The highest BCUT2D eigenvalue weighted by atomic mass is 32.2. The first-order valence-corrected chi connectivity index (χ1v) is 13.1. The fourth-order valence-electron chi connectivity index (χ4n) is 2.55. The first kappa shape index (κ1) is 25.3. The minimum absolute atomic E-state index is 0.000145. The second-order valence-electron chi connectivity index (χ2n) is 6.46. The minimum Gasteiger partial charge on any atom is -0.466 e. The summed E-state index contributed by atoms with van der Waals surface area (Å²) in [5.74, 6) is -1.49. The smallest absolute Gasteiger partial charge is 0.350 e. The first-order valence-electron chi connectivity index (χ1n) is 9.89. The van der Waals surface area contributed by atoms with Gasteiger partial charge in [-0.05, 0) is 38.1 Å². The Labute approximate surface area is 203 Å². The molecule has 3 aromatic rings. The molecule has 0 saturated carbocycles. The molecule has 2 aromatic heterocycles. The third-order valence-electron chi connectivity index (χ3n) is 4.03.